The van der Waals surface area contributed by atoms with Gasteiger partial charge in [-0.3, -0.25) is 4.99 Å². The summed E-state index contributed by atoms with van der Waals surface area (Å²) in [6, 6.07) is 7.62. The van der Waals surface area contributed by atoms with Crippen molar-refractivity contribution in [3.63, 3.8) is 0 Å². The summed E-state index contributed by atoms with van der Waals surface area (Å²) in [5.74, 6) is 1.07. The lowest BCUT2D eigenvalue weighted by molar-refractivity contribution is 0.322. The standard InChI is InChI=1S/C22H30ClN5S/c23-15-9-14-10-20(27-21(14)19(11-15)25-17-3-1-2-4-17)22-26-18(13-29-22)6-8-28-7-5-16(24)12-28/h9-11,16-18,25,27H,1-8,12-13,24H2/t16-,18-/m1/s1. The first-order chi connectivity index (χ1) is 14.1. The zero-order chi connectivity index (χ0) is 19.8. The monoisotopic (exact) mass is 431 g/mol. The van der Waals surface area contributed by atoms with E-state index in [1.807, 2.05) is 17.8 Å². The SMILES string of the molecule is N[C@@H]1CCN(CC[C@@H]2CSC(c3cc4cc(Cl)cc(NC5CCCC5)c4[nH]3)=N2)C1. The highest BCUT2D eigenvalue weighted by Gasteiger charge is 2.24. The first kappa shape index (κ1) is 19.7. The second kappa shape index (κ2) is 8.50. The van der Waals surface area contributed by atoms with Gasteiger partial charge in [0.2, 0.25) is 0 Å². The average molecular weight is 432 g/mol. The summed E-state index contributed by atoms with van der Waals surface area (Å²) in [4.78, 5) is 11.1. The molecule has 7 heteroatoms. The number of hydrogen-bond donors (Lipinski definition) is 3. The van der Waals surface area contributed by atoms with E-state index in [4.69, 9.17) is 22.3 Å². The maximum atomic E-state index is 6.41. The van der Waals surface area contributed by atoms with E-state index < -0.39 is 0 Å². The lowest BCUT2D eigenvalue weighted by atomic mass is 10.2. The number of likely N-dealkylation sites (tertiary alicyclic amines) is 1. The van der Waals surface area contributed by atoms with E-state index in [9.17, 15) is 0 Å². The first-order valence-electron chi connectivity index (χ1n) is 10.9. The topological polar surface area (TPSA) is 69.4 Å². The minimum Gasteiger partial charge on any atom is -0.381 e. The molecule has 0 unspecified atom stereocenters. The quantitative estimate of drug-likeness (QED) is 0.631. The van der Waals surface area contributed by atoms with Crippen LogP contribution in [0.5, 0.6) is 0 Å². The number of aliphatic imine (C=N–C) groups is 1. The Kier molecular flexibility index (Phi) is 5.78. The lowest BCUT2D eigenvalue weighted by Gasteiger charge is -2.16. The predicted octanol–water partition coefficient (Wildman–Crippen LogP) is 4.46. The van der Waals surface area contributed by atoms with Crippen LogP contribution in [-0.4, -0.2) is 58.4 Å². The zero-order valence-electron chi connectivity index (χ0n) is 16.8. The van der Waals surface area contributed by atoms with E-state index in [1.54, 1.807) is 0 Å². The molecule has 1 aromatic heterocycles. The van der Waals surface area contributed by atoms with Gasteiger partial charge in [0.05, 0.1) is 22.9 Å². The van der Waals surface area contributed by atoms with Crippen LogP contribution in [-0.2, 0) is 0 Å². The molecular formula is C22H30ClN5S. The number of nitrogens with zero attached hydrogens (tertiary/aromatic N) is 2. The van der Waals surface area contributed by atoms with Gasteiger partial charge in [0, 0.05) is 41.3 Å². The molecule has 0 radical (unpaired) electrons. The Bertz CT molecular complexity index is 904. The van der Waals surface area contributed by atoms with E-state index >= 15 is 0 Å². The molecule has 29 heavy (non-hydrogen) atoms. The molecule has 156 valence electrons. The van der Waals surface area contributed by atoms with Gasteiger partial charge < -0.3 is 20.9 Å². The van der Waals surface area contributed by atoms with Crippen molar-refractivity contribution in [3.05, 3.63) is 28.9 Å². The second-order valence-electron chi connectivity index (χ2n) is 8.76. The van der Waals surface area contributed by atoms with Crippen molar-refractivity contribution < 1.29 is 0 Å². The van der Waals surface area contributed by atoms with Gasteiger partial charge in [0.1, 0.15) is 5.04 Å². The third-order valence-corrected chi connectivity index (χ3v) is 7.81. The highest BCUT2D eigenvalue weighted by Crippen LogP contribution is 2.33. The van der Waals surface area contributed by atoms with Gasteiger partial charge in [-0.2, -0.15) is 0 Å². The number of fused-ring (bicyclic) bond motifs is 1. The molecule has 1 aliphatic carbocycles. The van der Waals surface area contributed by atoms with Crippen molar-refractivity contribution in [2.75, 3.05) is 30.7 Å². The smallest absolute Gasteiger partial charge is 0.114 e. The second-order valence-corrected chi connectivity index (χ2v) is 10.2. The van der Waals surface area contributed by atoms with E-state index in [0.29, 0.717) is 18.1 Å². The number of aromatic nitrogens is 1. The molecule has 1 saturated carbocycles. The third-order valence-electron chi connectivity index (χ3n) is 6.44. The number of H-pyrrole nitrogens is 1. The molecule has 3 heterocycles. The number of rotatable bonds is 6. The summed E-state index contributed by atoms with van der Waals surface area (Å²) in [5, 5.41) is 6.79. The molecule has 3 aliphatic rings. The molecule has 0 amide bonds. The Labute approximate surface area is 181 Å². The molecule has 5 rings (SSSR count). The average Bonchev–Trinajstić information content (AvgIpc) is 3.47. The predicted molar refractivity (Wildman–Crippen MR) is 126 cm³/mol. The van der Waals surface area contributed by atoms with Crippen molar-refractivity contribution >= 4 is 45.0 Å². The van der Waals surface area contributed by atoms with Crippen molar-refractivity contribution in [1.82, 2.24) is 9.88 Å². The maximum absolute atomic E-state index is 6.41. The maximum Gasteiger partial charge on any atom is 0.114 e. The van der Waals surface area contributed by atoms with Crippen molar-refractivity contribution in [1.29, 1.82) is 0 Å². The van der Waals surface area contributed by atoms with Crippen LogP contribution in [0.3, 0.4) is 0 Å². The fourth-order valence-corrected chi connectivity index (χ4v) is 6.14. The molecule has 2 aromatic rings. The van der Waals surface area contributed by atoms with Crippen LogP contribution in [0.4, 0.5) is 5.69 Å². The fourth-order valence-electron chi connectivity index (χ4n) is 4.83. The minimum absolute atomic E-state index is 0.359. The van der Waals surface area contributed by atoms with Crippen molar-refractivity contribution in [2.45, 2.75) is 56.7 Å². The summed E-state index contributed by atoms with van der Waals surface area (Å²) in [6.45, 7) is 3.28. The number of halogens is 1. The number of anilines is 1. The normalized spacial score (nSPS) is 25.9. The Morgan fingerprint density at radius 2 is 2.10 bits per heavy atom. The van der Waals surface area contributed by atoms with Crippen LogP contribution in [0.15, 0.2) is 23.2 Å². The minimum atomic E-state index is 0.359. The summed E-state index contributed by atoms with van der Waals surface area (Å²) in [6.07, 6.45) is 7.36. The Hall–Kier alpha value is -1.21. The van der Waals surface area contributed by atoms with E-state index in [-0.39, 0.29) is 0 Å². The Morgan fingerprint density at radius 3 is 2.90 bits per heavy atom. The molecule has 2 aliphatic heterocycles. The number of nitrogens with two attached hydrogens (primary N) is 1. The van der Waals surface area contributed by atoms with Crippen LogP contribution >= 0.6 is 23.4 Å². The van der Waals surface area contributed by atoms with E-state index in [1.165, 1.54) is 25.7 Å². The van der Waals surface area contributed by atoms with Crippen LogP contribution < -0.4 is 11.1 Å². The van der Waals surface area contributed by atoms with Gasteiger partial charge in [-0.15, -0.1) is 11.8 Å². The summed E-state index contributed by atoms with van der Waals surface area (Å²) >= 11 is 8.28. The molecule has 5 nitrogen and oxygen atoms in total. The van der Waals surface area contributed by atoms with Crippen LogP contribution in [0, 0.1) is 0 Å². The van der Waals surface area contributed by atoms with Crippen LogP contribution in [0.2, 0.25) is 5.02 Å². The molecule has 2 atom stereocenters. The van der Waals surface area contributed by atoms with E-state index in [0.717, 1.165) is 70.6 Å². The fraction of sp³-hybridized carbons (Fsp3) is 0.591. The first-order valence-corrected chi connectivity index (χ1v) is 12.3. The number of hydrogen-bond acceptors (Lipinski definition) is 5. The Balaban J connectivity index is 1.31. The van der Waals surface area contributed by atoms with Gasteiger partial charge in [-0.25, -0.2) is 0 Å². The number of thioether (sulfide) groups is 1. The molecule has 0 bridgehead atoms. The number of benzene rings is 1. The summed E-state index contributed by atoms with van der Waals surface area (Å²) in [5.41, 5.74) is 9.41. The number of nitrogens with one attached hydrogen (secondary N) is 2. The van der Waals surface area contributed by atoms with Gasteiger partial charge in [-0.1, -0.05) is 24.4 Å². The molecular weight excluding hydrogens is 402 g/mol. The lowest BCUT2D eigenvalue weighted by Crippen LogP contribution is -2.28. The van der Waals surface area contributed by atoms with Crippen molar-refractivity contribution in [3.8, 4) is 0 Å². The Morgan fingerprint density at radius 1 is 1.24 bits per heavy atom. The van der Waals surface area contributed by atoms with Gasteiger partial charge in [-0.05, 0) is 50.4 Å². The highest BCUT2D eigenvalue weighted by atomic mass is 35.5. The van der Waals surface area contributed by atoms with Gasteiger partial charge >= 0.3 is 0 Å². The van der Waals surface area contributed by atoms with Gasteiger partial charge in [0.25, 0.3) is 0 Å². The molecule has 1 aromatic carbocycles. The van der Waals surface area contributed by atoms with Crippen molar-refractivity contribution in [2.24, 2.45) is 10.7 Å². The number of aromatic amines is 1. The molecule has 1 saturated heterocycles. The highest BCUT2D eigenvalue weighted by molar-refractivity contribution is 8.14. The third kappa shape index (κ3) is 4.46. The summed E-state index contributed by atoms with van der Waals surface area (Å²) in [7, 11) is 0. The van der Waals surface area contributed by atoms with Crippen LogP contribution in [0.25, 0.3) is 10.9 Å². The van der Waals surface area contributed by atoms with E-state index in [2.05, 4.69) is 27.3 Å². The molecule has 4 N–H and O–H groups in total. The molecule has 0 spiro atoms. The van der Waals surface area contributed by atoms with Gasteiger partial charge in [0.15, 0.2) is 0 Å². The largest absolute Gasteiger partial charge is 0.381 e. The summed E-state index contributed by atoms with van der Waals surface area (Å²) < 4.78 is 0. The van der Waals surface area contributed by atoms with Crippen LogP contribution in [0.1, 0.15) is 44.2 Å². The molecule has 2 fully saturated rings. The zero-order valence-corrected chi connectivity index (χ0v) is 18.4.